The minimum Gasteiger partial charge on any atom is -0.495 e. The molecule has 0 atom stereocenters. The van der Waals surface area contributed by atoms with Crippen molar-refractivity contribution in [2.45, 2.75) is 11.8 Å². The highest BCUT2D eigenvalue weighted by Crippen LogP contribution is 2.32. The molecule has 0 unspecified atom stereocenters. The molecule has 2 rings (SSSR count). The van der Waals surface area contributed by atoms with Crippen LogP contribution in [-0.2, 0) is 10.0 Å². The molecule has 0 N–H and O–H groups in total. The second kappa shape index (κ2) is 7.06. The number of anilines is 1. The highest BCUT2D eigenvalue weighted by molar-refractivity contribution is 7.92. The summed E-state index contributed by atoms with van der Waals surface area (Å²) in [6.45, 7) is 1.85. The summed E-state index contributed by atoms with van der Waals surface area (Å²) in [5.41, 5.74) is 0.200. The molecule has 0 fully saturated rings. The lowest BCUT2D eigenvalue weighted by Gasteiger charge is -2.23. The van der Waals surface area contributed by atoms with E-state index < -0.39 is 14.9 Å². The Labute approximate surface area is 144 Å². The predicted octanol–water partition coefficient (Wildman–Crippen LogP) is 3.47. The third-order valence-electron chi connectivity index (χ3n) is 3.35. The SMILES string of the molecule is CCN(c1ccc(OC)c(Cl)c1)S(=O)(=O)c1ccc([N+](=O)[O-])cc1. The minimum atomic E-state index is -3.87. The number of benzene rings is 2. The van der Waals surface area contributed by atoms with Crippen LogP contribution in [0.15, 0.2) is 47.4 Å². The highest BCUT2D eigenvalue weighted by Gasteiger charge is 2.25. The van der Waals surface area contributed by atoms with Gasteiger partial charge >= 0.3 is 0 Å². The second-order valence-corrected chi connectivity index (χ2v) is 7.01. The van der Waals surface area contributed by atoms with Crippen molar-refractivity contribution in [2.75, 3.05) is 18.0 Å². The standard InChI is InChI=1S/C15H15ClN2O5S/c1-3-17(12-6-9-15(23-2)14(16)10-12)24(21,22)13-7-4-11(5-8-13)18(19)20/h4-10H,3H2,1-2H3. The third kappa shape index (κ3) is 3.44. The maximum absolute atomic E-state index is 12.8. The molecule has 2 aromatic rings. The van der Waals surface area contributed by atoms with Gasteiger partial charge in [-0.05, 0) is 37.3 Å². The van der Waals surface area contributed by atoms with Crippen molar-refractivity contribution >= 4 is 33.0 Å². The molecular formula is C15H15ClN2O5S. The number of nitrogens with zero attached hydrogens (tertiary/aromatic N) is 2. The van der Waals surface area contributed by atoms with Crippen LogP contribution < -0.4 is 9.04 Å². The summed E-state index contributed by atoms with van der Waals surface area (Å²) in [6, 6.07) is 9.38. The molecule has 0 saturated carbocycles. The lowest BCUT2D eigenvalue weighted by molar-refractivity contribution is -0.384. The number of sulfonamides is 1. The summed E-state index contributed by atoms with van der Waals surface area (Å²) in [5.74, 6) is 0.434. The van der Waals surface area contributed by atoms with Gasteiger partial charge in [-0.1, -0.05) is 11.6 Å². The van der Waals surface area contributed by atoms with Gasteiger partial charge in [0.05, 0.1) is 27.6 Å². The average Bonchev–Trinajstić information content (AvgIpc) is 2.55. The smallest absolute Gasteiger partial charge is 0.269 e. The van der Waals surface area contributed by atoms with Crippen molar-refractivity contribution in [3.63, 3.8) is 0 Å². The summed E-state index contributed by atoms with van der Waals surface area (Å²) < 4.78 is 31.8. The van der Waals surface area contributed by atoms with Gasteiger partial charge in [0.2, 0.25) is 0 Å². The zero-order valence-corrected chi connectivity index (χ0v) is 14.5. The molecule has 0 radical (unpaired) electrons. The van der Waals surface area contributed by atoms with Crippen LogP contribution in [0.25, 0.3) is 0 Å². The molecule has 0 heterocycles. The van der Waals surface area contributed by atoms with E-state index in [1.165, 1.54) is 29.6 Å². The lowest BCUT2D eigenvalue weighted by atomic mass is 10.3. The zero-order valence-electron chi connectivity index (χ0n) is 13.0. The second-order valence-electron chi connectivity index (χ2n) is 4.74. The summed E-state index contributed by atoms with van der Waals surface area (Å²) in [6.07, 6.45) is 0. The Morgan fingerprint density at radius 1 is 1.21 bits per heavy atom. The molecule has 0 bridgehead atoms. The first-order valence-corrected chi connectivity index (χ1v) is 8.73. The van der Waals surface area contributed by atoms with Crippen molar-refractivity contribution < 1.29 is 18.1 Å². The van der Waals surface area contributed by atoms with Crippen LogP contribution in [0.4, 0.5) is 11.4 Å². The quantitative estimate of drug-likeness (QED) is 0.573. The van der Waals surface area contributed by atoms with Gasteiger partial charge < -0.3 is 4.74 Å². The molecule has 0 amide bonds. The number of non-ortho nitro benzene ring substituents is 1. The fourth-order valence-corrected chi connectivity index (χ4v) is 3.89. The average molecular weight is 371 g/mol. The normalized spacial score (nSPS) is 11.1. The van der Waals surface area contributed by atoms with E-state index in [0.717, 1.165) is 12.1 Å². The van der Waals surface area contributed by atoms with E-state index in [-0.39, 0.29) is 22.2 Å². The Morgan fingerprint density at radius 3 is 2.29 bits per heavy atom. The molecule has 0 spiro atoms. The molecule has 0 aliphatic rings. The van der Waals surface area contributed by atoms with E-state index in [0.29, 0.717) is 11.4 Å². The number of rotatable bonds is 6. The van der Waals surface area contributed by atoms with Gasteiger partial charge in [-0.15, -0.1) is 0 Å². The number of nitro benzene ring substituents is 1. The van der Waals surface area contributed by atoms with Crippen LogP contribution in [0.5, 0.6) is 5.75 Å². The van der Waals surface area contributed by atoms with Crippen LogP contribution in [0.2, 0.25) is 5.02 Å². The van der Waals surface area contributed by atoms with Gasteiger partial charge in [-0.3, -0.25) is 14.4 Å². The zero-order chi connectivity index (χ0) is 17.9. The molecule has 0 aromatic heterocycles. The van der Waals surface area contributed by atoms with Crippen molar-refractivity contribution in [3.05, 3.63) is 57.6 Å². The third-order valence-corrected chi connectivity index (χ3v) is 5.56. The number of hydrogen-bond acceptors (Lipinski definition) is 5. The van der Waals surface area contributed by atoms with Gasteiger partial charge in [-0.25, -0.2) is 8.42 Å². The lowest BCUT2D eigenvalue weighted by Crippen LogP contribution is -2.30. The van der Waals surface area contributed by atoms with Gasteiger partial charge in [0.25, 0.3) is 15.7 Å². The molecule has 0 aliphatic carbocycles. The number of halogens is 1. The fraction of sp³-hybridized carbons (Fsp3) is 0.200. The molecule has 128 valence electrons. The number of ether oxygens (including phenoxy) is 1. The topological polar surface area (TPSA) is 89.8 Å². The van der Waals surface area contributed by atoms with Crippen molar-refractivity contribution in [2.24, 2.45) is 0 Å². The van der Waals surface area contributed by atoms with E-state index in [1.54, 1.807) is 19.1 Å². The van der Waals surface area contributed by atoms with E-state index in [2.05, 4.69) is 0 Å². The number of nitro groups is 1. The highest BCUT2D eigenvalue weighted by atomic mass is 35.5. The fourth-order valence-electron chi connectivity index (χ4n) is 2.17. The van der Waals surface area contributed by atoms with E-state index >= 15 is 0 Å². The first-order valence-electron chi connectivity index (χ1n) is 6.92. The van der Waals surface area contributed by atoms with E-state index in [9.17, 15) is 18.5 Å². The Kier molecular flexibility index (Phi) is 5.30. The van der Waals surface area contributed by atoms with Gasteiger partial charge in [0.1, 0.15) is 5.75 Å². The maximum Gasteiger partial charge on any atom is 0.269 e. The van der Waals surface area contributed by atoms with E-state index in [4.69, 9.17) is 16.3 Å². The van der Waals surface area contributed by atoms with Crippen LogP contribution in [-0.4, -0.2) is 27.0 Å². The molecular weight excluding hydrogens is 356 g/mol. The van der Waals surface area contributed by atoms with Crippen LogP contribution in [0.1, 0.15) is 6.92 Å². The molecule has 9 heteroatoms. The Morgan fingerprint density at radius 2 is 1.83 bits per heavy atom. The molecule has 0 saturated heterocycles. The van der Waals surface area contributed by atoms with Crippen LogP contribution in [0.3, 0.4) is 0 Å². The van der Waals surface area contributed by atoms with Gasteiger partial charge in [0, 0.05) is 18.7 Å². The molecule has 7 nitrogen and oxygen atoms in total. The number of methoxy groups -OCH3 is 1. The van der Waals surface area contributed by atoms with Crippen molar-refractivity contribution in [1.82, 2.24) is 0 Å². The first kappa shape index (κ1) is 18.0. The van der Waals surface area contributed by atoms with Gasteiger partial charge in [0.15, 0.2) is 0 Å². The Hall–Kier alpha value is -2.32. The largest absolute Gasteiger partial charge is 0.495 e. The summed E-state index contributed by atoms with van der Waals surface area (Å²) in [7, 11) is -2.41. The summed E-state index contributed by atoms with van der Waals surface area (Å²) in [5, 5.41) is 11.0. The van der Waals surface area contributed by atoms with Crippen molar-refractivity contribution in [3.8, 4) is 5.75 Å². The maximum atomic E-state index is 12.8. The Balaban J connectivity index is 2.44. The minimum absolute atomic E-state index is 0.0399. The van der Waals surface area contributed by atoms with Crippen molar-refractivity contribution in [1.29, 1.82) is 0 Å². The molecule has 24 heavy (non-hydrogen) atoms. The van der Waals surface area contributed by atoms with Crippen LogP contribution in [0, 0.1) is 10.1 Å². The monoisotopic (exact) mass is 370 g/mol. The summed E-state index contributed by atoms with van der Waals surface area (Å²) >= 11 is 6.06. The summed E-state index contributed by atoms with van der Waals surface area (Å²) in [4.78, 5) is 10.1. The predicted molar refractivity (Wildman–Crippen MR) is 91.3 cm³/mol. The first-order chi connectivity index (χ1) is 11.3. The number of hydrogen-bond donors (Lipinski definition) is 0. The molecule has 0 aliphatic heterocycles. The van der Waals surface area contributed by atoms with Crippen LogP contribution >= 0.6 is 11.6 Å². The Bertz CT molecular complexity index is 853. The van der Waals surface area contributed by atoms with Gasteiger partial charge in [-0.2, -0.15) is 0 Å². The van der Waals surface area contributed by atoms with E-state index in [1.807, 2.05) is 0 Å². The molecule has 2 aromatic carbocycles.